The molecular formula is C48H78N2Ni. The van der Waals surface area contributed by atoms with E-state index in [9.17, 15) is 5.53 Å². The first-order valence-corrected chi connectivity index (χ1v) is 23.0. The molecule has 0 N–H and O–H groups in total. The van der Waals surface area contributed by atoms with Crippen molar-refractivity contribution in [1.29, 1.82) is 0 Å². The Labute approximate surface area is 323 Å². The fraction of sp³-hybridized carbons (Fsp3) is 0.667. The molecule has 0 amide bonds. The van der Waals surface area contributed by atoms with E-state index in [2.05, 4.69) is 90.1 Å². The second-order valence-corrected chi connectivity index (χ2v) is 16.3. The number of hydrogen-bond donors (Lipinski definition) is 0. The molecule has 2 aromatic carbocycles. The molecule has 0 saturated carbocycles. The molecule has 0 saturated heterocycles. The Kier molecular flexibility index (Phi) is 26.1. The molecule has 0 aliphatic carbocycles. The van der Waals surface area contributed by atoms with Gasteiger partial charge in [-0.3, -0.25) is 0 Å². The SMILES string of the molecule is CCCCCCCCc1ccc(C2=C(CCCC)C(CCCC)=C(c3ccc(CCCC)cc3)[N+]2=[N-])cc1.CCCCC[CH2][Ni][CH2]CCCCC. The fourth-order valence-electron chi connectivity index (χ4n) is 6.89. The minimum atomic E-state index is 0.998. The predicted molar refractivity (Wildman–Crippen MR) is 223 cm³/mol. The van der Waals surface area contributed by atoms with Gasteiger partial charge in [0.15, 0.2) is 0 Å². The molecule has 51 heavy (non-hydrogen) atoms. The second kappa shape index (κ2) is 29.5. The molecule has 290 valence electrons. The van der Waals surface area contributed by atoms with Crippen LogP contribution in [0.15, 0.2) is 59.7 Å². The number of hydrogen-bond acceptors (Lipinski definition) is 0. The van der Waals surface area contributed by atoms with Gasteiger partial charge in [0.2, 0.25) is 11.4 Å². The third-order valence-electron chi connectivity index (χ3n) is 10.2. The monoisotopic (exact) mass is 741 g/mol. The first kappa shape index (κ1) is 45.2. The molecule has 1 aliphatic rings. The van der Waals surface area contributed by atoms with E-state index >= 15 is 0 Å². The van der Waals surface area contributed by atoms with Crippen LogP contribution in [0.3, 0.4) is 0 Å². The van der Waals surface area contributed by atoms with Gasteiger partial charge < -0.3 is 5.53 Å². The van der Waals surface area contributed by atoms with E-state index in [1.807, 2.05) is 14.4 Å². The molecule has 2 aromatic rings. The van der Waals surface area contributed by atoms with Crippen LogP contribution in [0.5, 0.6) is 0 Å². The number of benzene rings is 2. The number of unbranched alkanes of at least 4 members (excludes halogenated alkanes) is 14. The van der Waals surface area contributed by atoms with Crippen molar-refractivity contribution in [2.75, 3.05) is 0 Å². The van der Waals surface area contributed by atoms with Crippen LogP contribution in [0, 0.1) is 0 Å². The summed E-state index contributed by atoms with van der Waals surface area (Å²) in [6.07, 6.45) is 30.7. The summed E-state index contributed by atoms with van der Waals surface area (Å²) in [6, 6.07) is 18.0. The van der Waals surface area contributed by atoms with Crippen molar-refractivity contribution < 1.29 is 19.1 Å². The van der Waals surface area contributed by atoms with E-state index in [1.54, 1.807) is 0 Å². The van der Waals surface area contributed by atoms with Gasteiger partial charge in [0.25, 0.3) is 0 Å². The zero-order valence-electron chi connectivity index (χ0n) is 34.2. The standard InChI is InChI=1S/C36H52N2.2C6H13.Ni/c1-5-9-13-14-15-16-18-30-23-27-32(28-24-30)36-34(20-12-8-4)33(19-11-7-3)35(38(36)37)31-25-21-29(22-26-31)17-10-6-2;2*1-3-5-6-4-2;/h21-28H,5-20H2,1-4H3;2*1,3-6H2,2H3;. The van der Waals surface area contributed by atoms with Gasteiger partial charge in [-0.15, -0.1) is 0 Å². The van der Waals surface area contributed by atoms with Crippen molar-refractivity contribution in [2.24, 2.45) is 0 Å². The molecule has 1 heterocycles. The topological polar surface area (TPSA) is 25.3 Å². The van der Waals surface area contributed by atoms with Crippen molar-refractivity contribution in [2.45, 2.75) is 206 Å². The summed E-state index contributed by atoms with van der Waals surface area (Å²) < 4.78 is 1.53. The summed E-state index contributed by atoms with van der Waals surface area (Å²) in [5.41, 5.74) is 21.5. The number of aryl methyl sites for hydroxylation is 2. The van der Waals surface area contributed by atoms with Crippen molar-refractivity contribution in [3.63, 3.8) is 0 Å². The summed E-state index contributed by atoms with van der Waals surface area (Å²) in [4.78, 5) is 0. The molecule has 0 atom stereocenters. The molecule has 1 aliphatic heterocycles. The molecule has 0 spiro atoms. The maximum atomic E-state index is 11.7. The van der Waals surface area contributed by atoms with E-state index in [-0.39, 0.29) is 0 Å². The molecule has 2 nitrogen and oxygen atoms in total. The van der Waals surface area contributed by atoms with Crippen molar-refractivity contribution >= 4 is 11.4 Å². The first-order chi connectivity index (χ1) is 25.1. The third-order valence-corrected chi connectivity index (χ3v) is 11.6. The third kappa shape index (κ3) is 17.6. The van der Waals surface area contributed by atoms with E-state index in [0.29, 0.717) is 0 Å². The summed E-state index contributed by atoms with van der Waals surface area (Å²) >= 11 is 1.99. The Morgan fingerprint density at radius 3 is 1.14 bits per heavy atom. The second-order valence-electron chi connectivity index (χ2n) is 14.8. The average molecular weight is 742 g/mol. The van der Waals surface area contributed by atoms with E-state index in [0.717, 1.165) is 73.9 Å². The van der Waals surface area contributed by atoms with Crippen LogP contribution in [-0.4, -0.2) is 4.70 Å². The Balaban J connectivity index is 0.000000588. The average Bonchev–Trinajstić information content (AvgIpc) is 3.43. The van der Waals surface area contributed by atoms with Crippen LogP contribution in [-0.2, 0) is 27.3 Å². The molecule has 0 unspecified atom stereocenters. The van der Waals surface area contributed by atoms with Gasteiger partial charge in [-0.2, -0.15) is 0 Å². The zero-order chi connectivity index (χ0) is 36.9. The van der Waals surface area contributed by atoms with Crippen LogP contribution in [0.25, 0.3) is 16.9 Å². The molecule has 0 radical (unpaired) electrons. The fourth-order valence-corrected chi connectivity index (χ4v) is 8.12. The molecule has 3 heteroatoms. The number of nitrogens with zero attached hydrogens (tertiary/aromatic N) is 2. The summed E-state index contributed by atoms with van der Waals surface area (Å²) in [6.45, 7) is 13.6. The van der Waals surface area contributed by atoms with Crippen molar-refractivity contribution in [3.8, 4) is 0 Å². The van der Waals surface area contributed by atoms with Gasteiger partial charge in [0.1, 0.15) is 0 Å². The first-order valence-electron chi connectivity index (χ1n) is 21.6. The van der Waals surface area contributed by atoms with Gasteiger partial charge in [-0.1, -0.05) is 103 Å². The Hall–Kier alpha value is -1.99. The molecule has 0 aromatic heterocycles. The Bertz CT molecular complexity index is 1230. The minimum absolute atomic E-state index is 0.998. The normalized spacial score (nSPS) is 13.0. The number of rotatable bonds is 28. The molecule has 0 bridgehead atoms. The van der Waals surface area contributed by atoms with Gasteiger partial charge in [-0.05, 0) is 86.8 Å². The predicted octanol–water partition coefficient (Wildman–Crippen LogP) is 16.5. The molecular weight excluding hydrogens is 663 g/mol. The van der Waals surface area contributed by atoms with Gasteiger partial charge >= 0.3 is 90.4 Å². The zero-order valence-corrected chi connectivity index (χ0v) is 35.2. The quantitative estimate of drug-likeness (QED) is 0.0471. The van der Waals surface area contributed by atoms with E-state index < -0.39 is 0 Å². The Morgan fingerprint density at radius 1 is 0.392 bits per heavy atom. The van der Waals surface area contributed by atoms with Gasteiger partial charge in [0.05, 0.1) is 0 Å². The van der Waals surface area contributed by atoms with Crippen molar-refractivity contribution in [3.05, 3.63) is 87.5 Å². The summed E-state index contributed by atoms with van der Waals surface area (Å²) in [7, 11) is 0. The van der Waals surface area contributed by atoms with E-state index in [4.69, 9.17) is 0 Å². The number of allylic oxidation sites excluding steroid dienone is 2. The van der Waals surface area contributed by atoms with Crippen molar-refractivity contribution in [1.82, 2.24) is 0 Å². The maximum absolute atomic E-state index is 11.7. The van der Waals surface area contributed by atoms with Crippen LogP contribution in [0.4, 0.5) is 0 Å². The van der Waals surface area contributed by atoms with Crippen LogP contribution < -0.4 is 0 Å². The van der Waals surface area contributed by atoms with Crippen LogP contribution >= 0.6 is 0 Å². The van der Waals surface area contributed by atoms with E-state index in [1.165, 1.54) is 140 Å². The molecule has 3 rings (SSSR count). The van der Waals surface area contributed by atoms with Crippen LogP contribution in [0.1, 0.15) is 205 Å². The van der Waals surface area contributed by atoms with Gasteiger partial charge in [0, 0.05) is 22.3 Å². The summed E-state index contributed by atoms with van der Waals surface area (Å²) in [5.74, 6) is 0. The molecule has 0 fully saturated rings. The van der Waals surface area contributed by atoms with Gasteiger partial charge in [-0.25, -0.2) is 4.70 Å². The summed E-state index contributed by atoms with van der Waals surface area (Å²) in [5, 5.41) is 2.83. The van der Waals surface area contributed by atoms with Crippen LogP contribution in [0.2, 0.25) is 10.8 Å². The Morgan fingerprint density at radius 2 is 0.725 bits per heavy atom.